The topological polar surface area (TPSA) is 82.1 Å². The lowest BCUT2D eigenvalue weighted by Gasteiger charge is -2.31. The van der Waals surface area contributed by atoms with Crippen LogP contribution in [-0.2, 0) is 0 Å². The summed E-state index contributed by atoms with van der Waals surface area (Å²) in [4.78, 5) is 0.786. The fraction of sp³-hybridized carbons (Fsp3) is 0.500. The van der Waals surface area contributed by atoms with E-state index in [9.17, 15) is 10.4 Å². The fourth-order valence-corrected chi connectivity index (χ4v) is 3.31. The van der Waals surface area contributed by atoms with Crippen molar-refractivity contribution < 1.29 is 15.2 Å². The van der Waals surface area contributed by atoms with Gasteiger partial charge in [-0.3, -0.25) is 0 Å². The first-order chi connectivity index (χ1) is 8.77. The molecule has 1 atom stereocenters. The minimum Gasteiger partial charge on any atom is -0.622 e. The minimum atomic E-state index is -1.42. The molecule has 1 unspecified atom stereocenters. The molecule has 0 aromatic carbocycles. The monoisotopic (exact) mass is 283 g/mol. The molecule has 0 radical (unpaired) electrons. The van der Waals surface area contributed by atoms with Gasteiger partial charge in [0.2, 0.25) is 5.71 Å². The highest BCUT2D eigenvalue weighted by molar-refractivity contribution is 7.12. The fourth-order valence-electron chi connectivity index (χ4n) is 2.41. The average molecular weight is 283 g/mol. The molecule has 1 aliphatic rings. The molecule has 0 saturated carbocycles. The number of hydrogen-bond acceptors (Lipinski definition) is 6. The first-order valence-electron chi connectivity index (χ1n) is 5.85. The summed E-state index contributed by atoms with van der Waals surface area (Å²) in [5.74, 6) is 0. The molecule has 0 aliphatic carbocycles. The Bertz CT molecular complexity index is 551. The Balaban J connectivity index is 2.70. The molecule has 0 bridgehead atoms. The smallest absolute Gasteiger partial charge is 0.290 e. The summed E-state index contributed by atoms with van der Waals surface area (Å²) in [6, 6.07) is 3.68. The van der Waals surface area contributed by atoms with Gasteiger partial charge in [-0.15, -0.1) is 16.4 Å². The lowest BCUT2D eigenvalue weighted by molar-refractivity contribution is -0.560. The van der Waals surface area contributed by atoms with Gasteiger partial charge in [0.1, 0.15) is 11.3 Å². The average Bonchev–Trinajstić information content (AvgIpc) is 2.92. The van der Waals surface area contributed by atoms with Gasteiger partial charge in [-0.1, -0.05) is 11.2 Å². The SMILES string of the molecule is C/C(=N\O)C1(C)N(O)C(C)(C)C(c2cccs2)=[N+]1[O-]. The molecule has 1 aliphatic heterocycles. The normalized spacial score (nSPS) is 28.2. The Morgan fingerprint density at radius 3 is 2.58 bits per heavy atom. The Morgan fingerprint density at radius 1 is 1.47 bits per heavy atom. The van der Waals surface area contributed by atoms with Crippen LogP contribution in [0.25, 0.3) is 0 Å². The maximum atomic E-state index is 12.6. The van der Waals surface area contributed by atoms with Gasteiger partial charge in [0.25, 0.3) is 5.66 Å². The first-order valence-corrected chi connectivity index (χ1v) is 6.73. The second-order valence-corrected chi connectivity index (χ2v) is 6.15. The van der Waals surface area contributed by atoms with E-state index in [1.165, 1.54) is 25.2 Å². The van der Waals surface area contributed by atoms with Gasteiger partial charge in [-0.05, 0) is 32.2 Å². The van der Waals surface area contributed by atoms with Crippen molar-refractivity contribution in [1.29, 1.82) is 0 Å². The van der Waals surface area contributed by atoms with Gasteiger partial charge < -0.3 is 15.6 Å². The number of nitrogens with zero attached hydrogens (tertiary/aromatic N) is 3. The van der Waals surface area contributed by atoms with Crippen LogP contribution in [0.1, 0.15) is 32.6 Å². The zero-order valence-corrected chi connectivity index (χ0v) is 12.1. The van der Waals surface area contributed by atoms with E-state index in [-0.39, 0.29) is 5.71 Å². The summed E-state index contributed by atoms with van der Waals surface area (Å²) < 4.78 is 0.716. The van der Waals surface area contributed by atoms with Gasteiger partial charge in [-0.25, -0.2) is 0 Å². The summed E-state index contributed by atoms with van der Waals surface area (Å²) in [6.07, 6.45) is 0. The van der Waals surface area contributed by atoms with Gasteiger partial charge in [0.15, 0.2) is 0 Å². The molecule has 1 aromatic heterocycles. The Hall–Kier alpha value is -1.44. The van der Waals surface area contributed by atoms with Crippen molar-refractivity contribution in [1.82, 2.24) is 5.06 Å². The minimum absolute atomic E-state index is 0.129. The molecular weight excluding hydrogens is 266 g/mol. The quantitative estimate of drug-likeness (QED) is 0.286. The highest BCUT2D eigenvalue weighted by atomic mass is 32.1. The van der Waals surface area contributed by atoms with Crippen LogP contribution < -0.4 is 0 Å². The molecule has 2 heterocycles. The number of hydroxylamine groups is 3. The van der Waals surface area contributed by atoms with Crippen LogP contribution >= 0.6 is 11.3 Å². The highest BCUT2D eigenvalue weighted by Crippen LogP contribution is 2.37. The molecule has 2 rings (SSSR count). The molecule has 2 N–H and O–H groups in total. The summed E-state index contributed by atoms with van der Waals surface area (Å²) >= 11 is 1.43. The van der Waals surface area contributed by atoms with Gasteiger partial charge in [0.05, 0.1) is 4.88 Å². The Morgan fingerprint density at radius 2 is 2.11 bits per heavy atom. The number of thiophene rings is 1. The van der Waals surface area contributed by atoms with Crippen molar-refractivity contribution in [2.75, 3.05) is 0 Å². The number of hydrogen-bond donors (Lipinski definition) is 2. The molecule has 0 amide bonds. The second-order valence-electron chi connectivity index (χ2n) is 5.20. The Kier molecular flexibility index (Phi) is 3.16. The standard InChI is InChI=1S/C12H17N3O3S/c1-8(13-16)12(4)14(17)10(9-6-5-7-19-9)11(2,3)15(12)18/h5-7,16,18H,1-4H3/b13-8+. The zero-order chi connectivity index (χ0) is 14.4. The summed E-state index contributed by atoms with van der Waals surface area (Å²) in [6.45, 7) is 6.53. The van der Waals surface area contributed by atoms with Crippen LogP contribution in [0.3, 0.4) is 0 Å². The number of oxime groups is 1. The Labute approximate surface area is 115 Å². The third-order valence-electron chi connectivity index (χ3n) is 3.71. The van der Waals surface area contributed by atoms with Crippen molar-refractivity contribution >= 4 is 22.8 Å². The summed E-state index contributed by atoms with van der Waals surface area (Å²) in [7, 11) is 0. The second kappa shape index (κ2) is 4.29. The summed E-state index contributed by atoms with van der Waals surface area (Å²) in [5.41, 5.74) is -1.72. The predicted molar refractivity (Wildman–Crippen MR) is 73.1 cm³/mol. The van der Waals surface area contributed by atoms with Crippen molar-refractivity contribution in [3.8, 4) is 0 Å². The molecule has 104 valence electrons. The van der Waals surface area contributed by atoms with Crippen molar-refractivity contribution in [3.05, 3.63) is 27.6 Å². The lowest BCUT2D eigenvalue weighted by Crippen LogP contribution is -2.57. The molecular formula is C12H17N3O3S. The van der Waals surface area contributed by atoms with Gasteiger partial charge in [0, 0.05) is 6.92 Å². The van der Waals surface area contributed by atoms with E-state index in [2.05, 4.69) is 5.16 Å². The molecule has 1 aromatic rings. The van der Waals surface area contributed by atoms with Crippen LogP contribution in [-0.4, -0.2) is 42.8 Å². The molecule has 6 nitrogen and oxygen atoms in total. The highest BCUT2D eigenvalue weighted by Gasteiger charge is 2.61. The third kappa shape index (κ3) is 1.69. The zero-order valence-electron chi connectivity index (χ0n) is 11.3. The molecule has 0 fully saturated rings. The van der Waals surface area contributed by atoms with Crippen LogP contribution in [0.4, 0.5) is 0 Å². The molecule has 0 saturated heterocycles. The molecule has 7 heteroatoms. The maximum absolute atomic E-state index is 12.6. The van der Waals surface area contributed by atoms with Crippen molar-refractivity contribution in [2.24, 2.45) is 5.16 Å². The van der Waals surface area contributed by atoms with Crippen LogP contribution in [0.2, 0.25) is 0 Å². The van der Waals surface area contributed by atoms with E-state index in [0.29, 0.717) is 10.5 Å². The van der Waals surface area contributed by atoms with Gasteiger partial charge in [-0.2, -0.15) is 4.74 Å². The first kappa shape index (κ1) is 14.0. The summed E-state index contributed by atoms with van der Waals surface area (Å²) in [5, 5.41) is 37.9. The largest absolute Gasteiger partial charge is 0.622 e. The molecule has 0 spiro atoms. The third-order valence-corrected chi connectivity index (χ3v) is 4.59. The van der Waals surface area contributed by atoms with Crippen LogP contribution in [0, 0.1) is 5.21 Å². The van der Waals surface area contributed by atoms with E-state index in [4.69, 9.17) is 5.21 Å². The van der Waals surface area contributed by atoms with E-state index in [1.807, 2.05) is 17.5 Å². The lowest BCUT2D eigenvalue weighted by atomic mass is 9.97. The van der Waals surface area contributed by atoms with E-state index >= 15 is 0 Å². The maximum Gasteiger partial charge on any atom is 0.290 e. The van der Waals surface area contributed by atoms with E-state index in [0.717, 1.165) is 9.94 Å². The van der Waals surface area contributed by atoms with Crippen LogP contribution in [0.15, 0.2) is 22.7 Å². The predicted octanol–water partition coefficient (Wildman–Crippen LogP) is 2.10. The van der Waals surface area contributed by atoms with Crippen LogP contribution in [0.5, 0.6) is 0 Å². The molecule has 19 heavy (non-hydrogen) atoms. The van der Waals surface area contributed by atoms with Crippen molar-refractivity contribution in [2.45, 2.75) is 38.9 Å². The van der Waals surface area contributed by atoms with E-state index in [1.54, 1.807) is 13.8 Å². The van der Waals surface area contributed by atoms with Crippen molar-refractivity contribution in [3.63, 3.8) is 0 Å². The van der Waals surface area contributed by atoms with E-state index < -0.39 is 11.2 Å². The number of rotatable bonds is 2. The van der Waals surface area contributed by atoms with Gasteiger partial charge >= 0.3 is 0 Å².